The van der Waals surface area contributed by atoms with Gasteiger partial charge >= 0.3 is 0 Å². The number of carbonyl (C=O) groups is 1. The summed E-state index contributed by atoms with van der Waals surface area (Å²) in [6.45, 7) is 0. The molecule has 2 N–H and O–H groups in total. The summed E-state index contributed by atoms with van der Waals surface area (Å²) >= 11 is 5.96. The molecule has 0 fully saturated rings. The highest BCUT2D eigenvalue weighted by Gasteiger charge is 2.15. The summed E-state index contributed by atoms with van der Waals surface area (Å²) in [4.78, 5) is 11.9. The Kier molecular flexibility index (Phi) is 6.67. The molecule has 0 aromatic heterocycles. The molecule has 3 rings (SSSR count). The number of hydrogen-bond donors (Lipinski definition) is 2. The van der Waals surface area contributed by atoms with E-state index in [9.17, 15) is 26.4 Å². The Hall–Kier alpha value is -3.30. The van der Waals surface area contributed by atoms with Crippen molar-refractivity contribution in [3.05, 3.63) is 94.8 Å². The predicted octanol–water partition coefficient (Wildman–Crippen LogP) is 5.21. The second-order valence-electron chi connectivity index (χ2n) is 6.22. The molecule has 31 heavy (non-hydrogen) atoms. The number of amides is 1. The van der Waals surface area contributed by atoms with Crippen molar-refractivity contribution in [2.75, 3.05) is 10.0 Å². The van der Waals surface area contributed by atoms with Crippen molar-refractivity contribution < 1.29 is 26.4 Å². The molecule has 0 heterocycles. The van der Waals surface area contributed by atoms with Crippen LogP contribution in [0.25, 0.3) is 6.08 Å². The van der Waals surface area contributed by atoms with Crippen LogP contribution in [0.4, 0.5) is 24.5 Å². The number of para-hydroxylation sites is 1. The van der Waals surface area contributed by atoms with E-state index in [4.69, 9.17) is 11.6 Å². The summed E-state index contributed by atoms with van der Waals surface area (Å²) < 4.78 is 67.0. The lowest BCUT2D eigenvalue weighted by molar-refractivity contribution is -0.111. The smallest absolute Gasteiger partial charge is 0.261 e. The van der Waals surface area contributed by atoms with E-state index in [1.54, 1.807) is 18.2 Å². The van der Waals surface area contributed by atoms with Crippen LogP contribution < -0.4 is 10.0 Å². The Bertz CT molecular complexity index is 1260. The lowest BCUT2D eigenvalue weighted by Crippen LogP contribution is -2.13. The second-order valence-corrected chi connectivity index (χ2v) is 8.31. The minimum absolute atomic E-state index is 0.0297. The molecular formula is C21H14ClF3N2O3S. The summed E-state index contributed by atoms with van der Waals surface area (Å²) in [6, 6.07) is 12.8. The third-order valence-electron chi connectivity index (χ3n) is 4.00. The van der Waals surface area contributed by atoms with Crippen molar-refractivity contribution >= 4 is 45.0 Å². The minimum atomic E-state index is -3.88. The summed E-state index contributed by atoms with van der Waals surface area (Å²) in [6.07, 6.45) is 2.37. The molecule has 0 unspecified atom stereocenters. The molecule has 1 amide bonds. The van der Waals surface area contributed by atoms with E-state index in [0.717, 1.165) is 6.08 Å². The van der Waals surface area contributed by atoms with Crippen LogP contribution >= 0.6 is 11.6 Å². The molecular weight excluding hydrogens is 453 g/mol. The van der Waals surface area contributed by atoms with Gasteiger partial charge < -0.3 is 5.32 Å². The van der Waals surface area contributed by atoms with Crippen molar-refractivity contribution in [3.8, 4) is 0 Å². The maximum absolute atomic E-state index is 13.6. The molecule has 0 radical (unpaired) electrons. The zero-order valence-electron chi connectivity index (χ0n) is 15.6. The standard InChI is InChI=1S/C21H14ClF3N2O3S/c22-15-3-1-2-4-19(15)27-31(29,30)14-8-5-13(6-9-14)7-10-21(28)26-20-12-17(24)16(23)11-18(20)25/h1-12,27H,(H,26,28)/b10-7+. The zero-order chi connectivity index (χ0) is 22.6. The molecule has 3 aromatic rings. The summed E-state index contributed by atoms with van der Waals surface area (Å²) in [7, 11) is -3.88. The van der Waals surface area contributed by atoms with Gasteiger partial charge in [0.15, 0.2) is 11.6 Å². The number of carbonyl (C=O) groups excluding carboxylic acids is 1. The molecule has 0 aliphatic rings. The van der Waals surface area contributed by atoms with Gasteiger partial charge in [-0.2, -0.15) is 0 Å². The van der Waals surface area contributed by atoms with Crippen molar-refractivity contribution in [1.29, 1.82) is 0 Å². The Morgan fingerprint density at radius 2 is 1.52 bits per heavy atom. The Morgan fingerprint density at radius 1 is 0.871 bits per heavy atom. The summed E-state index contributed by atoms with van der Waals surface area (Å²) in [5.41, 5.74) is 0.188. The summed E-state index contributed by atoms with van der Waals surface area (Å²) in [5.74, 6) is -4.59. The quantitative estimate of drug-likeness (QED) is 0.387. The Labute approximate surface area is 181 Å². The van der Waals surface area contributed by atoms with E-state index >= 15 is 0 Å². The van der Waals surface area contributed by atoms with Gasteiger partial charge in [-0.25, -0.2) is 21.6 Å². The predicted molar refractivity (Wildman–Crippen MR) is 113 cm³/mol. The van der Waals surface area contributed by atoms with Gasteiger partial charge in [-0.15, -0.1) is 0 Å². The number of halogens is 4. The van der Waals surface area contributed by atoms with Crippen LogP contribution in [0.2, 0.25) is 5.02 Å². The number of sulfonamides is 1. The molecule has 0 saturated carbocycles. The van der Waals surface area contributed by atoms with E-state index < -0.39 is 39.1 Å². The van der Waals surface area contributed by atoms with Crippen LogP contribution in [0, 0.1) is 17.5 Å². The van der Waals surface area contributed by atoms with E-state index in [2.05, 4.69) is 10.0 Å². The Balaban J connectivity index is 1.68. The van der Waals surface area contributed by atoms with Gasteiger partial charge in [0.2, 0.25) is 5.91 Å². The van der Waals surface area contributed by atoms with Crippen LogP contribution in [0.15, 0.2) is 71.6 Å². The monoisotopic (exact) mass is 466 g/mol. The second kappa shape index (κ2) is 9.23. The first-order valence-electron chi connectivity index (χ1n) is 8.67. The minimum Gasteiger partial charge on any atom is -0.320 e. The fraction of sp³-hybridized carbons (Fsp3) is 0. The number of hydrogen-bond acceptors (Lipinski definition) is 3. The highest BCUT2D eigenvalue weighted by molar-refractivity contribution is 7.92. The zero-order valence-corrected chi connectivity index (χ0v) is 17.1. The van der Waals surface area contributed by atoms with Crippen LogP contribution in [0.3, 0.4) is 0 Å². The first-order valence-corrected chi connectivity index (χ1v) is 10.5. The highest BCUT2D eigenvalue weighted by atomic mass is 35.5. The van der Waals surface area contributed by atoms with Crippen molar-refractivity contribution in [2.24, 2.45) is 0 Å². The number of anilines is 2. The highest BCUT2D eigenvalue weighted by Crippen LogP contribution is 2.24. The molecule has 0 atom stereocenters. The third-order valence-corrected chi connectivity index (χ3v) is 5.71. The lowest BCUT2D eigenvalue weighted by atomic mass is 10.2. The normalized spacial score (nSPS) is 11.5. The average molecular weight is 467 g/mol. The molecule has 3 aromatic carbocycles. The number of benzene rings is 3. The molecule has 10 heteroatoms. The van der Waals surface area contributed by atoms with Gasteiger partial charge in [0.05, 0.1) is 21.3 Å². The lowest BCUT2D eigenvalue weighted by Gasteiger charge is -2.09. The first kappa shape index (κ1) is 22.4. The van der Waals surface area contributed by atoms with Crippen molar-refractivity contribution in [3.63, 3.8) is 0 Å². The molecule has 5 nitrogen and oxygen atoms in total. The van der Waals surface area contributed by atoms with Gasteiger partial charge in [-0.05, 0) is 35.9 Å². The van der Waals surface area contributed by atoms with E-state index in [0.29, 0.717) is 17.7 Å². The molecule has 0 aliphatic heterocycles. The van der Waals surface area contributed by atoms with Gasteiger partial charge in [0.1, 0.15) is 5.82 Å². The SMILES string of the molecule is O=C(/C=C/c1ccc(S(=O)(=O)Nc2ccccc2Cl)cc1)Nc1cc(F)c(F)cc1F. The fourth-order valence-corrected chi connectivity index (χ4v) is 3.79. The average Bonchev–Trinajstić information content (AvgIpc) is 2.72. The number of nitrogens with one attached hydrogen (secondary N) is 2. The van der Waals surface area contributed by atoms with Crippen LogP contribution in [0.5, 0.6) is 0 Å². The van der Waals surface area contributed by atoms with Crippen LogP contribution in [0.1, 0.15) is 5.56 Å². The maximum atomic E-state index is 13.6. The van der Waals surface area contributed by atoms with Gasteiger partial charge in [-0.1, -0.05) is 35.9 Å². The largest absolute Gasteiger partial charge is 0.320 e. The Morgan fingerprint density at radius 3 is 2.19 bits per heavy atom. The van der Waals surface area contributed by atoms with Crippen LogP contribution in [-0.2, 0) is 14.8 Å². The molecule has 160 valence electrons. The van der Waals surface area contributed by atoms with Crippen LogP contribution in [-0.4, -0.2) is 14.3 Å². The fourth-order valence-electron chi connectivity index (χ4n) is 2.47. The molecule has 0 bridgehead atoms. The number of rotatable bonds is 6. The summed E-state index contributed by atoms with van der Waals surface area (Å²) in [5, 5.41) is 2.34. The van der Waals surface area contributed by atoms with Crippen molar-refractivity contribution in [2.45, 2.75) is 4.90 Å². The third kappa shape index (κ3) is 5.65. The first-order chi connectivity index (χ1) is 14.7. The molecule has 0 aliphatic carbocycles. The van der Waals surface area contributed by atoms with E-state index in [1.165, 1.54) is 36.4 Å². The molecule has 0 spiro atoms. The van der Waals surface area contributed by atoms with Gasteiger partial charge in [-0.3, -0.25) is 9.52 Å². The topological polar surface area (TPSA) is 75.3 Å². The van der Waals surface area contributed by atoms with Crippen molar-refractivity contribution in [1.82, 2.24) is 0 Å². The maximum Gasteiger partial charge on any atom is 0.261 e. The van der Waals surface area contributed by atoms with E-state index in [1.807, 2.05) is 0 Å². The van der Waals surface area contributed by atoms with Gasteiger partial charge in [0, 0.05) is 18.2 Å². The van der Waals surface area contributed by atoms with E-state index in [-0.39, 0.29) is 15.6 Å². The van der Waals surface area contributed by atoms with Gasteiger partial charge in [0.25, 0.3) is 10.0 Å². The molecule has 0 saturated heterocycles.